The van der Waals surface area contributed by atoms with Gasteiger partial charge in [-0.2, -0.15) is 4.98 Å². The van der Waals surface area contributed by atoms with E-state index in [-0.39, 0.29) is 11.8 Å². The molecule has 0 spiro atoms. The van der Waals surface area contributed by atoms with Crippen LogP contribution >= 0.6 is 0 Å². The van der Waals surface area contributed by atoms with Crippen molar-refractivity contribution in [3.05, 3.63) is 54.9 Å². The molecule has 2 heterocycles. The highest BCUT2D eigenvalue weighted by Gasteiger charge is 2.09. The third kappa shape index (κ3) is 4.44. The number of hydrogen-bond acceptors (Lipinski definition) is 6. The van der Waals surface area contributed by atoms with Gasteiger partial charge in [0.2, 0.25) is 5.95 Å². The third-order valence-corrected chi connectivity index (χ3v) is 3.83. The fourth-order valence-electron chi connectivity index (χ4n) is 2.26. The summed E-state index contributed by atoms with van der Waals surface area (Å²) in [6.07, 6.45) is 4.46. The molecule has 0 unspecified atom stereocenters. The molecule has 3 N–H and O–H groups in total. The molecule has 6 nitrogen and oxygen atoms in total. The van der Waals surface area contributed by atoms with Gasteiger partial charge in [-0.15, -0.1) is 0 Å². The Morgan fingerprint density at radius 1 is 1.04 bits per heavy atom. The summed E-state index contributed by atoms with van der Waals surface area (Å²) in [6, 6.07) is 12.9. The second-order valence-electron chi connectivity index (χ2n) is 5.82. The molecule has 0 saturated heterocycles. The van der Waals surface area contributed by atoms with Crippen LogP contribution in [0.25, 0.3) is 11.3 Å². The molecular weight excluding hydrogens is 314 g/mol. The number of phenols is 1. The Labute approximate surface area is 147 Å². The van der Waals surface area contributed by atoms with Crippen LogP contribution in [0.3, 0.4) is 0 Å². The zero-order chi connectivity index (χ0) is 17.6. The standard InChI is InChI=1S/C19H21N5O/c1-3-13(2)21-19-23-17(14-8-10-20-11-9-14)12-18(24-19)22-15-4-6-16(25)7-5-15/h4-13,25H,3H2,1-2H3,(H2,21,22,23,24)/t13-/m1/s1. The Bertz CT molecular complexity index is 821. The quantitative estimate of drug-likeness (QED) is 0.586. The van der Waals surface area contributed by atoms with Crippen LogP contribution in [0, 0.1) is 0 Å². The van der Waals surface area contributed by atoms with Crippen molar-refractivity contribution in [3.63, 3.8) is 0 Å². The third-order valence-electron chi connectivity index (χ3n) is 3.83. The Hall–Kier alpha value is -3.15. The maximum atomic E-state index is 9.42. The molecule has 0 saturated carbocycles. The lowest BCUT2D eigenvalue weighted by molar-refractivity contribution is 0.475. The monoisotopic (exact) mass is 335 g/mol. The molecule has 25 heavy (non-hydrogen) atoms. The van der Waals surface area contributed by atoms with Gasteiger partial charge in [-0.25, -0.2) is 4.98 Å². The molecule has 128 valence electrons. The van der Waals surface area contributed by atoms with Crippen molar-refractivity contribution in [1.29, 1.82) is 0 Å². The number of nitrogens with one attached hydrogen (secondary N) is 2. The van der Waals surface area contributed by atoms with E-state index in [9.17, 15) is 5.11 Å². The van der Waals surface area contributed by atoms with Gasteiger partial charge in [-0.3, -0.25) is 4.98 Å². The summed E-state index contributed by atoms with van der Waals surface area (Å²) in [5.41, 5.74) is 2.62. The number of anilines is 3. The lowest BCUT2D eigenvalue weighted by atomic mass is 10.2. The fraction of sp³-hybridized carbons (Fsp3) is 0.211. The molecule has 0 aliphatic carbocycles. The summed E-state index contributed by atoms with van der Waals surface area (Å²) in [4.78, 5) is 13.2. The molecule has 1 aromatic carbocycles. The summed E-state index contributed by atoms with van der Waals surface area (Å²) >= 11 is 0. The molecule has 2 aromatic heterocycles. The molecule has 0 aliphatic rings. The number of aromatic hydroxyl groups is 1. The van der Waals surface area contributed by atoms with Crippen LogP contribution in [-0.2, 0) is 0 Å². The molecule has 3 rings (SSSR count). The summed E-state index contributed by atoms with van der Waals surface area (Å²) in [6.45, 7) is 4.20. The van der Waals surface area contributed by atoms with Crippen LogP contribution in [0.4, 0.5) is 17.5 Å². The molecule has 0 aliphatic heterocycles. The first-order chi connectivity index (χ1) is 12.1. The fourth-order valence-corrected chi connectivity index (χ4v) is 2.26. The normalized spacial score (nSPS) is 11.8. The zero-order valence-corrected chi connectivity index (χ0v) is 14.3. The molecule has 1 atom stereocenters. The number of hydrogen-bond donors (Lipinski definition) is 3. The highest BCUT2D eigenvalue weighted by molar-refractivity contribution is 5.67. The molecule has 0 bridgehead atoms. The van der Waals surface area contributed by atoms with Gasteiger partial charge in [-0.05, 0) is 49.7 Å². The molecular formula is C19H21N5O. The number of rotatable bonds is 6. The van der Waals surface area contributed by atoms with E-state index in [1.165, 1.54) is 0 Å². The summed E-state index contributed by atoms with van der Waals surface area (Å²) in [5, 5.41) is 16.0. The molecule has 6 heteroatoms. The Morgan fingerprint density at radius 2 is 1.76 bits per heavy atom. The number of pyridine rings is 1. The van der Waals surface area contributed by atoms with Crippen molar-refractivity contribution in [2.24, 2.45) is 0 Å². The first-order valence-corrected chi connectivity index (χ1v) is 8.26. The first-order valence-electron chi connectivity index (χ1n) is 8.26. The average Bonchev–Trinajstić information content (AvgIpc) is 2.64. The highest BCUT2D eigenvalue weighted by atomic mass is 16.3. The van der Waals surface area contributed by atoms with E-state index in [0.29, 0.717) is 11.8 Å². The average molecular weight is 335 g/mol. The van der Waals surface area contributed by atoms with Crippen molar-refractivity contribution in [2.45, 2.75) is 26.3 Å². The summed E-state index contributed by atoms with van der Waals surface area (Å²) in [7, 11) is 0. The Morgan fingerprint density at radius 3 is 2.44 bits per heavy atom. The molecule has 0 radical (unpaired) electrons. The van der Waals surface area contributed by atoms with E-state index in [2.05, 4.69) is 39.4 Å². The van der Waals surface area contributed by atoms with E-state index in [1.54, 1.807) is 36.7 Å². The molecule has 0 fully saturated rings. The maximum Gasteiger partial charge on any atom is 0.225 e. The SMILES string of the molecule is CC[C@@H](C)Nc1nc(Nc2ccc(O)cc2)cc(-c2ccncc2)n1. The van der Waals surface area contributed by atoms with Crippen LogP contribution < -0.4 is 10.6 Å². The number of nitrogens with zero attached hydrogens (tertiary/aromatic N) is 3. The minimum Gasteiger partial charge on any atom is -0.508 e. The lowest BCUT2D eigenvalue weighted by Gasteiger charge is -2.14. The topological polar surface area (TPSA) is 83.0 Å². The maximum absolute atomic E-state index is 9.42. The largest absolute Gasteiger partial charge is 0.508 e. The highest BCUT2D eigenvalue weighted by Crippen LogP contribution is 2.24. The molecule has 0 amide bonds. The summed E-state index contributed by atoms with van der Waals surface area (Å²) in [5.74, 6) is 1.48. The predicted octanol–water partition coefficient (Wildman–Crippen LogP) is 4.20. The van der Waals surface area contributed by atoms with Gasteiger partial charge in [0, 0.05) is 35.8 Å². The minimum absolute atomic E-state index is 0.227. The van der Waals surface area contributed by atoms with Gasteiger partial charge in [0.25, 0.3) is 0 Å². The minimum atomic E-state index is 0.227. The summed E-state index contributed by atoms with van der Waals surface area (Å²) < 4.78 is 0. The smallest absolute Gasteiger partial charge is 0.225 e. The van der Waals surface area contributed by atoms with Crippen LogP contribution in [0.2, 0.25) is 0 Å². The van der Waals surface area contributed by atoms with E-state index in [1.807, 2.05) is 18.2 Å². The van der Waals surface area contributed by atoms with Crippen LogP contribution in [0.1, 0.15) is 20.3 Å². The van der Waals surface area contributed by atoms with Gasteiger partial charge in [0.1, 0.15) is 11.6 Å². The molecule has 3 aromatic rings. The number of aromatic nitrogens is 3. The van der Waals surface area contributed by atoms with Crippen molar-refractivity contribution in [3.8, 4) is 17.0 Å². The van der Waals surface area contributed by atoms with Gasteiger partial charge in [-0.1, -0.05) is 6.92 Å². The van der Waals surface area contributed by atoms with E-state index in [0.717, 1.165) is 23.4 Å². The van der Waals surface area contributed by atoms with E-state index in [4.69, 9.17) is 0 Å². The Kier molecular flexibility index (Phi) is 5.09. The number of benzene rings is 1. The first kappa shape index (κ1) is 16.7. The van der Waals surface area contributed by atoms with Crippen LogP contribution in [-0.4, -0.2) is 26.1 Å². The van der Waals surface area contributed by atoms with Crippen molar-refractivity contribution in [1.82, 2.24) is 15.0 Å². The van der Waals surface area contributed by atoms with Gasteiger partial charge in [0.15, 0.2) is 0 Å². The van der Waals surface area contributed by atoms with Gasteiger partial charge in [0.05, 0.1) is 5.69 Å². The zero-order valence-electron chi connectivity index (χ0n) is 14.3. The predicted molar refractivity (Wildman–Crippen MR) is 100 cm³/mol. The second kappa shape index (κ2) is 7.61. The van der Waals surface area contributed by atoms with Gasteiger partial charge < -0.3 is 15.7 Å². The van der Waals surface area contributed by atoms with Crippen molar-refractivity contribution in [2.75, 3.05) is 10.6 Å². The van der Waals surface area contributed by atoms with Crippen molar-refractivity contribution >= 4 is 17.5 Å². The second-order valence-corrected chi connectivity index (χ2v) is 5.82. The Balaban J connectivity index is 1.95. The van der Waals surface area contributed by atoms with E-state index < -0.39 is 0 Å². The lowest BCUT2D eigenvalue weighted by Crippen LogP contribution is -2.16. The van der Waals surface area contributed by atoms with Crippen LogP contribution in [0.5, 0.6) is 5.75 Å². The van der Waals surface area contributed by atoms with Crippen LogP contribution in [0.15, 0.2) is 54.9 Å². The van der Waals surface area contributed by atoms with E-state index >= 15 is 0 Å². The number of phenolic OH excluding ortho intramolecular Hbond substituents is 1. The van der Waals surface area contributed by atoms with Gasteiger partial charge >= 0.3 is 0 Å². The van der Waals surface area contributed by atoms with Crippen molar-refractivity contribution < 1.29 is 5.11 Å².